The number of carbonyl (C=O) groups is 2. The van der Waals surface area contributed by atoms with Gasteiger partial charge in [0.15, 0.2) is 0 Å². The lowest BCUT2D eigenvalue weighted by Crippen LogP contribution is -2.30. The number of nitrogens with one attached hydrogen (secondary N) is 1. The molecule has 0 radical (unpaired) electrons. The van der Waals surface area contributed by atoms with E-state index in [4.69, 9.17) is 11.6 Å². The molecular formula is C29H30ClN3O2. The van der Waals surface area contributed by atoms with Crippen molar-refractivity contribution in [1.82, 2.24) is 9.55 Å². The van der Waals surface area contributed by atoms with Gasteiger partial charge in [-0.3, -0.25) is 9.59 Å². The van der Waals surface area contributed by atoms with Crippen LogP contribution in [0.2, 0.25) is 5.02 Å². The predicted octanol–water partition coefficient (Wildman–Crippen LogP) is 6.73. The van der Waals surface area contributed by atoms with Gasteiger partial charge in [-0.15, -0.1) is 0 Å². The second kappa shape index (κ2) is 9.82. The highest BCUT2D eigenvalue weighted by Crippen LogP contribution is 2.44. The van der Waals surface area contributed by atoms with Gasteiger partial charge in [-0.2, -0.15) is 0 Å². The van der Waals surface area contributed by atoms with E-state index in [1.54, 1.807) is 6.07 Å². The number of carbonyl (C=O) groups excluding carboxylic acids is 2. The van der Waals surface area contributed by atoms with Crippen molar-refractivity contribution in [1.29, 1.82) is 0 Å². The van der Waals surface area contributed by atoms with Crippen LogP contribution in [-0.4, -0.2) is 21.2 Å². The van der Waals surface area contributed by atoms with E-state index in [0.717, 1.165) is 48.2 Å². The van der Waals surface area contributed by atoms with Gasteiger partial charge in [0.2, 0.25) is 5.91 Å². The largest absolute Gasteiger partial charge is 0.326 e. The third-order valence-electron chi connectivity index (χ3n) is 7.60. The summed E-state index contributed by atoms with van der Waals surface area (Å²) < 4.78 is 2.14. The Morgan fingerprint density at radius 2 is 1.74 bits per heavy atom. The van der Waals surface area contributed by atoms with Crippen molar-refractivity contribution in [2.75, 3.05) is 5.32 Å². The maximum Gasteiger partial charge on any atom is 0.227 e. The van der Waals surface area contributed by atoms with Gasteiger partial charge < -0.3 is 9.88 Å². The van der Waals surface area contributed by atoms with Crippen molar-refractivity contribution in [3.8, 4) is 0 Å². The minimum atomic E-state index is -0.0668. The fourth-order valence-corrected chi connectivity index (χ4v) is 5.86. The van der Waals surface area contributed by atoms with Crippen LogP contribution in [0.15, 0.2) is 61.1 Å². The zero-order valence-corrected chi connectivity index (χ0v) is 20.9. The lowest BCUT2D eigenvalue weighted by atomic mass is 9.78. The Bertz CT molecular complexity index is 1290. The van der Waals surface area contributed by atoms with E-state index in [2.05, 4.69) is 33.9 Å². The smallest absolute Gasteiger partial charge is 0.227 e. The van der Waals surface area contributed by atoms with E-state index < -0.39 is 0 Å². The first-order valence-electron chi connectivity index (χ1n) is 12.3. The molecule has 1 aromatic heterocycles. The highest BCUT2D eigenvalue weighted by molar-refractivity contribution is 6.30. The summed E-state index contributed by atoms with van der Waals surface area (Å²) in [6.45, 7) is 4.05. The first-order chi connectivity index (χ1) is 16.9. The Hall–Kier alpha value is -3.18. The molecule has 0 saturated heterocycles. The van der Waals surface area contributed by atoms with Crippen LogP contribution in [0, 0.1) is 18.8 Å². The number of halogens is 1. The van der Waals surface area contributed by atoms with Gasteiger partial charge >= 0.3 is 0 Å². The third kappa shape index (κ3) is 4.70. The lowest BCUT2D eigenvalue weighted by molar-refractivity contribution is -0.127. The molecule has 1 fully saturated rings. The van der Waals surface area contributed by atoms with Gasteiger partial charge in [0.05, 0.1) is 24.3 Å². The van der Waals surface area contributed by atoms with Crippen LogP contribution in [0.5, 0.6) is 0 Å². The van der Waals surface area contributed by atoms with Crippen molar-refractivity contribution in [3.05, 3.63) is 82.9 Å². The number of amides is 1. The Morgan fingerprint density at radius 3 is 2.46 bits per heavy atom. The quantitative estimate of drug-likeness (QED) is 0.419. The number of Topliss-reactive ketones (excluding diaryl/α,β-unsaturated/α-hetero) is 1. The number of benzene rings is 2. The molecule has 2 aliphatic rings. The van der Waals surface area contributed by atoms with E-state index in [0.29, 0.717) is 11.4 Å². The molecule has 0 spiro atoms. The summed E-state index contributed by atoms with van der Waals surface area (Å²) in [4.78, 5) is 30.6. The van der Waals surface area contributed by atoms with Crippen LogP contribution >= 0.6 is 11.6 Å². The van der Waals surface area contributed by atoms with Crippen LogP contribution in [0.1, 0.15) is 61.9 Å². The van der Waals surface area contributed by atoms with Crippen LogP contribution in [-0.2, 0) is 9.59 Å². The Kier molecular flexibility index (Phi) is 6.61. The third-order valence-corrected chi connectivity index (χ3v) is 7.84. The van der Waals surface area contributed by atoms with Gasteiger partial charge in [-0.25, -0.2) is 4.98 Å². The SMILES string of the molecule is CC1=C(c2ccccc2)C(CC(=O)C2CCC(C(=O)Nc3ccc(Cl)cc3C)CC2)n2cncc21. The number of hydrogen-bond donors (Lipinski definition) is 1. The molecule has 2 heterocycles. The molecule has 0 bridgehead atoms. The number of allylic oxidation sites excluding steroid dienone is 2. The van der Waals surface area contributed by atoms with E-state index >= 15 is 0 Å². The molecule has 1 amide bonds. The number of aryl methyl sites for hydroxylation is 1. The number of fused-ring (bicyclic) bond motifs is 1. The average molecular weight is 488 g/mol. The topological polar surface area (TPSA) is 64.0 Å². The molecule has 1 unspecified atom stereocenters. The molecule has 5 nitrogen and oxygen atoms in total. The predicted molar refractivity (Wildman–Crippen MR) is 140 cm³/mol. The molecule has 1 aliphatic carbocycles. The summed E-state index contributed by atoms with van der Waals surface area (Å²) in [7, 11) is 0. The van der Waals surface area contributed by atoms with E-state index in [1.807, 2.05) is 49.8 Å². The number of imidazole rings is 1. The zero-order chi connectivity index (χ0) is 24.5. The summed E-state index contributed by atoms with van der Waals surface area (Å²) in [6, 6.07) is 15.8. The number of ketones is 1. The molecule has 2 aromatic carbocycles. The summed E-state index contributed by atoms with van der Waals surface area (Å²) in [5.41, 5.74) is 6.38. The lowest BCUT2D eigenvalue weighted by Gasteiger charge is -2.28. The van der Waals surface area contributed by atoms with E-state index in [-0.39, 0.29) is 29.6 Å². The van der Waals surface area contributed by atoms with Gasteiger partial charge in [0.25, 0.3) is 0 Å². The molecule has 6 heteroatoms. The van der Waals surface area contributed by atoms with Gasteiger partial charge in [0, 0.05) is 29.0 Å². The molecule has 5 rings (SSSR count). The molecule has 1 N–H and O–H groups in total. The normalized spacial score (nSPS) is 21.6. The van der Waals surface area contributed by atoms with Crippen LogP contribution in [0.4, 0.5) is 5.69 Å². The molecular weight excluding hydrogens is 458 g/mol. The summed E-state index contributed by atoms with van der Waals surface area (Å²) >= 11 is 6.03. The Morgan fingerprint density at radius 1 is 1.03 bits per heavy atom. The molecule has 35 heavy (non-hydrogen) atoms. The van der Waals surface area contributed by atoms with Crippen molar-refractivity contribution < 1.29 is 9.59 Å². The number of anilines is 1. The highest BCUT2D eigenvalue weighted by atomic mass is 35.5. The molecule has 180 valence electrons. The fourth-order valence-electron chi connectivity index (χ4n) is 5.63. The summed E-state index contributed by atoms with van der Waals surface area (Å²) in [5, 5.41) is 3.71. The summed E-state index contributed by atoms with van der Waals surface area (Å²) in [5.74, 6) is 0.249. The van der Waals surface area contributed by atoms with Crippen molar-refractivity contribution in [2.45, 2.75) is 52.0 Å². The van der Waals surface area contributed by atoms with E-state index in [1.165, 1.54) is 11.1 Å². The maximum atomic E-state index is 13.4. The molecule has 1 saturated carbocycles. The first kappa shape index (κ1) is 23.6. The van der Waals surface area contributed by atoms with Crippen LogP contribution in [0.3, 0.4) is 0 Å². The van der Waals surface area contributed by atoms with Gasteiger partial charge in [-0.05, 0) is 80.0 Å². The second-order valence-corrected chi connectivity index (χ2v) is 10.2. The van der Waals surface area contributed by atoms with Crippen molar-refractivity contribution in [2.24, 2.45) is 11.8 Å². The number of rotatable bonds is 6. The Balaban J connectivity index is 1.23. The molecule has 1 aliphatic heterocycles. The Labute approximate surface area is 211 Å². The van der Waals surface area contributed by atoms with Crippen LogP contribution in [0.25, 0.3) is 11.1 Å². The summed E-state index contributed by atoms with van der Waals surface area (Å²) in [6.07, 6.45) is 7.15. The van der Waals surface area contributed by atoms with E-state index in [9.17, 15) is 9.59 Å². The minimum Gasteiger partial charge on any atom is -0.326 e. The molecule has 1 atom stereocenters. The van der Waals surface area contributed by atoms with Crippen molar-refractivity contribution >= 4 is 40.1 Å². The van der Waals surface area contributed by atoms with Gasteiger partial charge in [-0.1, -0.05) is 41.9 Å². The van der Waals surface area contributed by atoms with Crippen molar-refractivity contribution in [3.63, 3.8) is 0 Å². The minimum absolute atomic E-state index is 0.00113. The fraction of sp³-hybridized carbons (Fsp3) is 0.345. The number of hydrogen-bond acceptors (Lipinski definition) is 3. The number of aromatic nitrogens is 2. The average Bonchev–Trinajstić information content (AvgIpc) is 3.44. The molecule has 3 aromatic rings. The second-order valence-electron chi connectivity index (χ2n) is 9.77. The van der Waals surface area contributed by atoms with Crippen LogP contribution < -0.4 is 5.32 Å². The number of nitrogens with zero attached hydrogens (tertiary/aromatic N) is 2. The monoisotopic (exact) mass is 487 g/mol. The highest BCUT2D eigenvalue weighted by Gasteiger charge is 2.35. The zero-order valence-electron chi connectivity index (χ0n) is 20.1. The maximum absolute atomic E-state index is 13.4. The first-order valence-corrected chi connectivity index (χ1v) is 12.7. The standard InChI is InChI=1S/C29H30ClN3O2/c1-18-14-23(30)12-13-24(18)32-29(35)22-10-8-20(9-11-22)27(34)15-25-28(21-6-4-3-5-7-21)19(2)26-16-31-17-33(25)26/h3-7,12-14,16-17,20,22,25H,8-11,15H2,1-2H3,(H,32,35). The van der Waals surface area contributed by atoms with Gasteiger partial charge in [0.1, 0.15) is 5.78 Å².